The van der Waals surface area contributed by atoms with Crippen molar-refractivity contribution in [2.24, 2.45) is 0 Å². The Balaban J connectivity index is 1.50. The maximum atomic E-state index is 13.0. The summed E-state index contributed by atoms with van der Waals surface area (Å²) in [6, 6.07) is 14.5. The molecule has 1 aliphatic heterocycles. The number of rotatable bonds is 8. The van der Waals surface area contributed by atoms with Gasteiger partial charge in [-0.3, -0.25) is 9.69 Å². The van der Waals surface area contributed by atoms with E-state index in [0.717, 1.165) is 61.2 Å². The summed E-state index contributed by atoms with van der Waals surface area (Å²) in [5, 5.41) is 7.68. The molecule has 1 aromatic carbocycles. The monoisotopic (exact) mass is 461 g/mol. The van der Waals surface area contributed by atoms with Gasteiger partial charge in [0.2, 0.25) is 5.91 Å². The topological polar surface area (TPSA) is 64.3 Å². The van der Waals surface area contributed by atoms with Gasteiger partial charge < -0.3 is 14.6 Å². The molecule has 4 rings (SSSR count). The standard InChI is InChI=1S/C27H35N5O2/c1-20(2)32-27(12-13-28-32)31-21(3)18-24(22(31)4)10-11-26(33)29-25(23-8-6-5-7-9-23)19-30-14-16-34-17-15-30/h5-13,18,20,25H,14-17,19H2,1-4H3,(H,29,33). The van der Waals surface area contributed by atoms with Gasteiger partial charge in [-0.05, 0) is 51.0 Å². The van der Waals surface area contributed by atoms with E-state index in [0.29, 0.717) is 0 Å². The Morgan fingerprint density at radius 3 is 2.59 bits per heavy atom. The van der Waals surface area contributed by atoms with Crippen LogP contribution < -0.4 is 5.32 Å². The van der Waals surface area contributed by atoms with Crippen molar-refractivity contribution in [1.29, 1.82) is 0 Å². The highest BCUT2D eigenvalue weighted by Gasteiger charge is 2.20. The van der Waals surface area contributed by atoms with Crippen LogP contribution in [0.1, 0.15) is 48.4 Å². The zero-order valence-electron chi connectivity index (χ0n) is 20.6. The van der Waals surface area contributed by atoms with E-state index in [2.05, 4.69) is 65.8 Å². The van der Waals surface area contributed by atoms with Gasteiger partial charge in [-0.1, -0.05) is 30.3 Å². The van der Waals surface area contributed by atoms with Gasteiger partial charge in [0.15, 0.2) is 0 Å². The predicted molar refractivity (Wildman–Crippen MR) is 135 cm³/mol. The summed E-state index contributed by atoms with van der Waals surface area (Å²) in [7, 11) is 0. The lowest BCUT2D eigenvalue weighted by molar-refractivity contribution is -0.117. The Hall–Kier alpha value is -3.16. The summed E-state index contributed by atoms with van der Waals surface area (Å²) in [6.07, 6.45) is 5.37. The van der Waals surface area contributed by atoms with Gasteiger partial charge in [-0.15, -0.1) is 0 Å². The second-order valence-electron chi connectivity index (χ2n) is 9.11. The largest absolute Gasteiger partial charge is 0.379 e. The van der Waals surface area contributed by atoms with Crippen LogP contribution in [-0.2, 0) is 9.53 Å². The lowest BCUT2D eigenvalue weighted by Crippen LogP contribution is -2.42. The number of carbonyl (C=O) groups is 1. The third-order valence-corrected chi connectivity index (χ3v) is 6.32. The molecule has 0 saturated carbocycles. The third kappa shape index (κ3) is 5.48. The number of aryl methyl sites for hydroxylation is 1. The van der Waals surface area contributed by atoms with Crippen LogP contribution in [0.25, 0.3) is 11.9 Å². The molecule has 2 aromatic heterocycles. The van der Waals surface area contributed by atoms with Crippen molar-refractivity contribution >= 4 is 12.0 Å². The molecule has 1 fully saturated rings. The number of hydrogen-bond donors (Lipinski definition) is 1. The minimum atomic E-state index is -0.0980. The molecule has 0 spiro atoms. The van der Waals surface area contributed by atoms with E-state index >= 15 is 0 Å². The van der Waals surface area contributed by atoms with Gasteiger partial charge in [0.05, 0.1) is 25.5 Å². The zero-order valence-corrected chi connectivity index (χ0v) is 20.6. The van der Waals surface area contributed by atoms with Crippen molar-refractivity contribution < 1.29 is 9.53 Å². The highest BCUT2D eigenvalue weighted by atomic mass is 16.5. The quantitative estimate of drug-likeness (QED) is 0.514. The molecule has 7 heteroatoms. The Labute approximate surface area is 202 Å². The Kier molecular flexibility index (Phi) is 7.65. The second-order valence-corrected chi connectivity index (χ2v) is 9.11. The number of benzene rings is 1. The lowest BCUT2D eigenvalue weighted by atomic mass is 10.1. The van der Waals surface area contributed by atoms with Gasteiger partial charge in [0, 0.05) is 49.2 Å². The molecule has 1 N–H and O–H groups in total. The molecular formula is C27H35N5O2. The third-order valence-electron chi connectivity index (χ3n) is 6.32. The molecular weight excluding hydrogens is 426 g/mol. The summed E-state index contributed by atoms with van der Waals surface area (Å²) >= 11 is 0. The van der Waals surface area contributed by atoms with Gasteiger partial charge in [-0.25, -0.2) is 4.68 Å². The zero-order chi connectivity index (χ0) is 24.1. The molecule has 0 bridgehead atoms. The van der Waals surface area contributed by atoms with Crippen molar-refractivity contribution in [2.75, 3.05) is 32.8 Å². The van der Waals surface area contributed by atoms with E-state index in [4.69, 9.17) is 4.74 Å². The molecule has 1 atom stereocenters. The fourth-order valence-corrected chi connectivity index (χ4v) is 4.54. The average Bonchev–Trinajstić information content (AvgIpc) is 3.42. The summed E-state index contributed by atoms with van der Waals surface area (Å²) in [5.74, 6) is 0.933. The molecule has 1 unspecified atom stereocenters. The molecule has 1 aliphatic rings. The number of amides is 1. The van der Waals surface area contributed by atoms with Crippen LogP contribution in [0.3, 0.4) is 0 Å². The summed E-state index contributed by atoms with van der Waals surface area (Å²) in [5.41, 5.74) is 4.32. The summed E-state index contributed by atoms with van der Waals surface area (Å²) in [6.45, 7) is 12.4. The molecule has 0 radical (unpaired) electrons. The summed E-state index contributed by atoms with van der Waals surface area (Å²) in [4.78, 5) is 15.3. The smallest absolute Gasteiger partial charge is 0.244 e. The predicted octanol–water partition coefficient (Wildman–Crippen LogP) is 4.07. The highest BCUT2D eigenvalue weighted by Crippen LogP contribution is 2.23. The molecule has 1 amide bonds. The molecule has 3 aromatic rings. The molecule has 34 heavy (non-hydrogen) atoms. The fourth-order valence-electron chi connectivity index (χ4n) is 4.54. The number of aromatic nitrogens is 3. The van der Waals surface area contributed by atoms with E-state index in [1.54, 1.807) is 6.08 Å². The van der Waals surface area contributed by atoms with Gasteiger partial charge in [-0.2, -0.15) is 5.10 Å². The first-order chi connectivity index (χ1) is 16.4. The molecule has 3 heterocycles. The van der Waals surface area contributed by atoms with Crippen LogP contribution in [0.5, 0.6) is 0 Å². The van der Waals surface area contributed by atoms with Crippen molar-refractivity contribution in [3.63, 3.8) is 0 Å². The van der Waals surface area contributed by atoms with Gasteiger partial charge in [0.1, 0.15) is 5.82 Å². The normalized spacial score (nSPS) is 15.8. The van der Waals surface area contributed by atoms with Gasteiger partial charge >= 0.3 is 0 Å². The molecule has 1 saturated heterocycles. The molecule has 180 valence electrons. The first-order valence-corrected chi connectivity index (χ1v) is 12.0. The lowest BCUT2D eigenvalue weighted by Gasteiger charge is -2.31. The van der Waals surface area contributed by atoms with Crippen molar-refractivity contribution in [3.05, 3.63) is 77.3 Å². The fraction of sp³-hybridized carbons (Fsp3) is 0.407. The first kappa shape index (κ1) is 24.0. The Morgan fingerprint density at radius 2 is 1.88 bits per heavy atom. The average molecular weight is 462 g/mol. The van der Waals surface area contributed by atoms with E-state index in [1.165, 1.54) is 0 Å². The maximum absolute atomic E-state index is 13.0. The second kappa shape index (κ2) is 10.8. The van der Waals surface area contributed by atoms with Crippen LogP contribution in [0, 0.1) is 13.8 Å². The highest BCUT2D eigenvalue weighted by molar-refractivity contribution is 5.92. The van der Waals surface area contributed by atoms with Crippen LogP contribution >= 0.6 is 0 Å². The van der Waals surface area contributed by atoms with Crippen LogP contribution in [0.2, 0.25) is 0 Å². The van der Waals surface area contributed by atoms with Gasteiger partial charge in [0.25, 0.3) is 0 Å². The number of hydrogen-bond acceptors (Lipinski definition) is 4. The minimum Gasteiger partial charge on any atom is -0.379 e. The number of carbonyl (C=O) groups excluding carboxylic acids is 1. The summed E-state index contributed by atoms with van der Waals surface area (Å²) < 4.78 is 9.68. The van der Waals surface area contributed by atoms with E-state index in [1.807, 2.05) is 41.2 Å². The van der Waals surface area contributed by atoms with E-state index in [9.17, 15) is 4.79 Å². The van der Waals surface area contributed by atoms with Crippen LogP contribution in [-0.4, -0.2) is 58.0 Å². The van der Waals surface area contributed by atoms with Crippen molar-refractivity contribution in [1.82, 2.24) is 24.6 Å². The number of morpholine rings is 1. The van der Waals surface area contributed by atoms with Crippen molar-refractivity contribution in [2.45, 2.75) is 39.8 Å². The Morgan fingerprint density at radius 1 is 1.15 bits per heavy atom. The van der Waals surface area contributed by atoms with Crippen LogP contribution in [0.4, 0.5) is 0 Å². The number of nitrogens with zero attached hydrogens (tertiary/aromatic N) is 4. The van der Waals surface area contributed by atoms with E-state index < -0.39 is 0 Å². The van der Waals surface area contributed by atoms with Crippen LogP contribution in [0.15, 0.2) is 54.7 Å². The SMILES string of the molecule is Cc1cc(C=CC(=O)NC(CN2CCOCC2)c2ccccc2)c(C)n1-c1ccnn1C(C)C. The Bertz CT molecular complexity index is 1120. The molecule has 7 nitrogen and oxygen atoms in total. The number of ether oxygens (including phenoxy) is 1. The van der Waals surface area contributed by atoms with E-state index in [-0.39, 0.29) is 18.0 Å². The minimum absolute atomic E-state index is 0.0794. The maximum Gasteiger partial charge on any atom is 0.244 e. The number of nitrogens with one attached hydrogen (secondary N) is 1. The van der Waals surface area contributed by atoms with Crippen molar-refractivity contribution in [3.8, 4) is 5.82 Å². The first-order valence-electron chi connectivity index (χ1n) is 12.0. The molecule has 0 aliphatic carbocycles.